The van der Waals surface area contributed by atoms with E-state index in [1.54, 1.807) is 6.08 Å². The summed E-state index contributed by atoms with van der Waals surface area (Å²) >= 11 is 1.19. The molecule has 3 rings (SSSR count). The molecule has 7 heteroatoms. The molecule has 0 unspecified atom stereocenters. The second-order valence-electron chi connectivity index (χ2n) is 5.52. The van der Waals surface area contributed by atoms with Crippen LogP contribution >= 0.6 is 11.3 Å². The first kappa shape index (κ1) is 16.6. The summed E-state index contributed by atoms with van der Waals surface area (Å²) in [5.74, 6) is -0.507. The molecule has 2 heterocycles. The van der Waals surface area contributed by atoms with Crippen LogP contribution in [-0.2, 0) is 4.79 Å². The number of anilines is 1. The number of hydrogen-bond acceptors (Lipinski definition) is 5. The first-order valence-electron chi connectivity index (χ1n) is 7.52. The first-order chi connectivity index (χ1) is 12.1. The Morgan fingerprint density at radius 2 is 2.08 bits per heavy atom. The molecule has 25 heavy (non-hydrogen) atoms. The van der Waals surface area contributed by atoms with Gasteiger partial charge in [0.05, 0.1) is 0 Å². The number of aryl methyl sites for hydroxylation is 2. The minimum Gasteiger partial charge on any atom is -0.317 e. The minimum atomic E-state index is -0.507. The summed E-state index contributed by atoms with van der Waals surface area (Å²) in [6.45, 7) is 4.07. The van der Waals surface area contributed by atoms with Crippen LogP contribution in [0.4, 0.5) is 5.13 Å². The molecular weight excluding hydrogens is 334 g/mol. The van der Waals surface area contributed by atoms with E-state index in [2.05, 4.69) is 33.7 Å². The van der Waals surface area contributed by atoms with Gasteiger partial charge in [0, 0.05) is 17.6 Å². The highest BCUT2D eigenvalue weighted by atomic mass is 32.1. The maximum atomic E-state index is 12.3. The Morgan fingerprint density at radius 3 is 2.72 bits per heavy atom. The average Bonchev–Trinajstić information content (AvgIpc) is 3.22. The van der Waals surface area contributed by atoms with E-state index >= 15 is 0 Å². The normalized spacial score (nSPS) is 11.2. The van der Waals surface area contributed by atoms with Gasteiger partial charge in [-0.05, 0) is 55.3 Å². The lowest BCUT2D eigenvalue weighted by molar-refractivity contribution is -0.112. The SMILES string of the molecule is Cc1cc(C)cc(-n2cccc2/C=C(/C#N)C(=O)Nc2nncs2)c1. The third-order valence-electron chi connectivity index (χ3n) is 3.50. The molecule has 124 valence electrons. The maximum Gasteiger partial charge on any atom is 0.268 e. The van der Waals surface area contributed by atoms with E-state index in [0.29, 0.717) is 5.13 Å². The van der Waals surface area contributed by atoms with Crippen LogP contribution < -0.4 is 5.32 Å². The van der Waals surface area contributed by atoms with Crippen molar-refractivity contribution in [3.8, 4) is 11.8 Å². The predicted octanol–water partition coefficient (Wildman–Crippen LogP) is 3.49. The van der Waals surface area contributed by atoms with Gasteiger partial charge in [0.2, 0.25) is 5.13 Å². The van der Waals surface area contributed by atoms with Crippen molar-refractivity contribution in [3.63, 3.8) is 0 Å². The van der Waals surface area contributed by atoms with Gasteiger partial charge in [0.1, 0.15) is 17.2 Å². The van der Waals surface area contributed by atoms with Crippen molar-refractivity contribution in [2.45, 2.75) is 13.8 Å². The molecule has 0 saturated heterocycles. The Morgan fingerprint density at radius 1 is 1.32 bits per heavy atom. The van der Waals surface area contributed by atoms with Gasteiger partial charge in [-0.2, -0.15) is 5.26 Å². The van der Waals surface area contributed by atoms with Crippen molar-refractivity contribution in [2.24, 2.45) is 0 Å². The summed E-state index contributed by atoms with van der Waals surface area (Å²) in [6, 6.07) is 11.9. The quantitative estimate of drug-likeness (QED) is 0.577. The van der Waals surface area contributed by atoms with E-state index in [0.717, 1.165) is 22.5 Å². The number of aromatic nitrogens is 3. The van der Waals surface area contributed by atoms with E-state index in [9.17, 15) is 10.1 Å². The van der Waals surface area contributed by atoms with Crippen LogP contribution in [0.2, 0.25) is 0 Å². The molecule has 6 nitrogen and oxygen atoms in total. The van der Waals surface area contributed by atoms with Gasteiger partial charge in [-0.1, -0.05) is 17.4 Å². The number of hydrogen-bond donors (Lipinski definition) is 1. The number of rotatable bonds is 4. The molecular formula is C18H15N5OS. The van der Waals surface area contributed by atoms with Crippen LogP contribution in [0.15, 0.2) is 47.6 Å². The summed E-state index contributed by atoms with van der Waals surface area (Å²) in [7, 11) is 0. The van der Waals surface area contributed by atoms with E-state index in [1.807, 2.05) is 42.8 Å². The molecule has 0 aliphatic carbocycles. The zero-order chi connectivity index (χ0) is 17.8. The highest BCUT2D eigenvalue weighted by Crippen LogP contribution is 2.19. The fourth-order valence-electron chi connectivity index (χ4n) is 2.53. The highest BCUT2D eigenvalue weighted by Gasteiger charge is 2.12. The number of carbonyl (C=O) groups is 1. The molecule has 2 aromatic heterocycles. The third-order valence-corrected chi connectivity index (χ3v) is 4.11. The summed E-state index contributed by atoms with van der Waals surface area (Å²) in [6.07, 6.45) is 3.46. The molecule has 0 fully saturated rings. The van der Waals surface area contributed by atoms with Crippen LogP contribution in [-0.4, -0.2) is 20.7 Å². The summed E-state index contributed by atoms with van der Waals surface area (Å²) in [4.78, 5) is 12.3. The van der Waals surface area contributed by atoms with E-state index in [-0.39, 0.29) is 5.57 Å². The molecule has 3 aromatic rings. The lowest BCUT2D eigenvalue weighted by Crippen LogP contribution is -2.13. The van der Waals surface area contributed by atoms with Gasteiger partial charge in [0.25, 0.3) is 5.91 Å². The van der Waals surface area contributed by atoms with Gasteiger partial charge in [-0.15, -0.1) is 10.2 Å². The van der Waals surface area contributed by atoms with Gasteiger partial charge >= 0.3 is 0 Å². The molecule has 0 aliphatic heterocycles. The maximum absolute atomic E-state index is 12.3. The van der Waals surface area contributed by atoms with Crippen molar-refractivity contribution in [2.75, 3.05) is 5.32 Å². The van der Waals surface area contributed by atoms with Crippen molar-refractivity contribution < 1.29 is 4.79 Å². The molecule has 0 atom stereocenters. The second kappa shape index (κ2) is 7.11. The van der Waals surface area contributed by atoms with Gasteiger partial charge < -0.3 is 4.57 Å². The zero-order valence-corrected chi connectivity index (χ0v) is 14.5. The van der Waals surface area contributed by atoms with Crippen LogP contribution in [0.25, 0.3) is 11.8 Å². The van der Waals surface area contributed by atoms with Crippen molar-refractivity contribution in [3.05, 3.63) is 64.4 Å². The molecule has 1 amide bonds. The number of benzene rings is 1. The molecule has 0 bridgehead atoms. The summed E-state index contributed by atoms with van der Waals surface area (Å²) in [5, 5.41) is 19.7. The fraction of sp³-hybridized carbons (Fsp3) is 0.111. The Kier molecular flexibility index (Phi) is 4.73. The number of nitriles is 1. The van der Waals surface area contributed by atoms with Crippen LogP contribution in [0.1, 0.15) is 16.8 Å². The molecule has 1 aromatic carbocycles. The summed E-state index contributed by atoms with van der Waals surface area (Å²) in [5.41, 5.74) is 5.53. The number of amides is 1. The van der Waals surface area contributed by atoms with Crippen LogP contribution in [0.3, 0.4) is 0 Å². The second-order valence-corrected chi connectivity index (χ2v) is 6.35. The Bertz CT molecular complexity index is 959. The number of nitrogens with zero attached hydrogens (tertiary/aromatic N) is 4. The number of nitrogens with one attached hydrogen (secondary N) is 1. The van der Waals surface area contributed by atoms with Crippen LogP contribution in [0.5, 0.6) is 0 Å². The van der Waals surface area contributed by atoms with E-state index in [4.69, 9.17) is 0 Å². The minimum absolute atomic E-state index is 0.000440. The molecule has 0 spiro atoms. The Hall–Kier alpha value is -3.24. The summed E-state index contributed by atoms with van der Waals surface area (Å²) < 4.78 is 1.94. The smallest absolute Gasteiger partial charge is 0.268 e. The van der Waals surface area contributed by atoms with E-state index in [1.165, 1.54) is 16.8 Å². The molecule has 0 saturated carbocycles. The Labute approximate surface area is 149 Å². The lowest BCUT2D eigenvalue weighted by atomic mass is 10.1. The van der Waals surface area contributed by atoms with Crippen molar-refractivity contribution >= 4 is 28.5 Å². The topological polar surface area (TPSA) is 83.6 Å². The van der Waals surface area contributed by atoms with Gasteiger partial charge in [-0.3, -0.25) is 10.1 Å². The lowest BCUT2D eigenvalue weighted by Gasteiger charge is -2.09. The zero-order valence-electron chi connectivity index (χ0n) is 13.7. The third kappa shape index (κ3) is 3.82. The predicted molar refractivity (Wildman–Crippen MR) is 97.4 cm³/mol. The largest absolute Gasteiger partial charge is 0.317 e. The highest BCUT2D eigenvalue weighted by molar-refractivity contribution is 7.13. The Balaban J connectivity index is 1.94. The fourth-order valence-corrected chi connectivity index (χ4v) is 2.97. The number of carbonyl (C=O) groups excluding carboxylic acids is 1. The monoisotopic (exact) mass is 349 g/mol. The standard InChI is InChI=1S/C18H15N5OS/c1-12-6-13(2)8-16(7-12)23-5-3-4-15(23)9-14(10-19)17(24)21-18-22-20-11-25-18/h3-9,11H,1-2H3,(H,21,22,24)/b14-9-. The van der Waals surface area contributed by atoms with Crippen molar-refractivity contribution in [1.29, 1.82) is 5.26 Å². The van der Waals surface area contributed by atoms with Crippen LogP contribution in [0, 0.1) is 25.2 Å². The average molecular weight is 349 g/mol. The molecule has 0 aliphatic rings. The first-order valence-corrected chi connectivity index (χ1v) is 8.40. The molecule has 0 radical (unpaired) electrons. The van der Waals surface area contributed by atoms with E-state index < -0.39 is 5.91 Å². The van der Waals surface area contributed by atoms with Gasteiger partial charge in [0.15, 0.2) is 0 Å². The van der Waals surface area contributed by atoms with Gasteiger partial charge in [-0.25, -0.2) is 0 Å². The van der Waals surface area contributed by atoms with Crippen molar-refractivity contribution in [1.82, 2.24) is 14.8 Å². The molecule has 1 N–H and O–H groups in total.